The molecule has 0 aromatic heterocycles. The van der Waals surface area contributed by atoms with Gasteiger partial charge in [0.05, 0.1) is 130 Å². The monoisotopic (exact) mass is 1210 g/mol. The number of nitrogens with zero attached hydrogens (tertiary/aromatic N) is 7. The van der Waals surface area contributed by atoms with E-state index in [2.05, 4.69) is 10.6 Å². The fraction of sp³-hybridized carbons (Fsp3) is 0.241. The third-order valence-corrected chi connectivity index (χ3v) is 16.6. The summed E-state index contributed by atoms with van der Waals surface area (Å²) in [6, 6.07) is 29.1. The SMILES string of the molecule is C[N+](C)(CCCN1CC2=C(C1=O)[C@@H](c1ccc(C#N)cc1)NC(=O)N2c1cccc(C(F)(F)F)c1)CCCN1CC2=C(C1=O)[C@@H](c1ccc(C#N)cc1)NC(=O)N2c1cccc(C(F)(F)F)c1.O=S(=O)([O-])c1cccc2c(S(=O)(=O)[O-])cccc12. The first-order chi connectivity index (χ1) is 40.0. The Bertz CT molecular complexity index is 3830. The highest BCUT2D eigenvalue weighted by molar-refractivity contribution is 7.86. The summed E-state index contributed by atoms with van der Waals surface area (Å²) in [5.41, 5.74) is 0.587. The number of carbonyl (C=O) groups excluding carboxylic acids is 4. The van der Waals surface area contributed by atoms with Gasteiger partial charge in [-0.3, -0.25) is 19.4 Å². The van der Waals surface area contributed by atoms with Crippen LogP contribution in [0.3, 0.4) is 0 Å². The highest BCUT2D eigenvalue weighted by Crippen LogP contribution is 2.43. The maximum absolute atomic E-state index is 14.2. The maximum atomic E-state index is 14.2. The number of urea groups is 2. The number of halogens is 6. The third-order valence-electron chi connectivity index (χ3n) is 14.8. The van der Waals surface area contributed by atoms with E-state index in [4.69, 9.17) is 0 Å². The van der Waals surface area contributed by atoms with Gasteiger partial charge in [0.15, 0.2) is 0 Å². The highest BCUT2D eigenvalue weighted by Gasteiger charge is 2.47. The van der Waals surface area contributed by atoms with Crippen LogP contribution in [0, 0.1) is 22.7 Å². The number of alkyl halides is 6. The van der Waals surface area contributed by atoms with Gasteiger partial charge >= 0.3 is 24.4 Å². The average molecular weight is 1210 g/mol. The molecular weight excluding hydrogens is 1160 g/mol. The molecule has 10 rings (SSSR count). The van der Waals surface area contributed by atoms with E-state index in [0.717, 1.165) is 46.2 Å². The van der Waals surface area contributed by atoms with Crippen LogP contribution in [0.1, 0.15) is 58.3 Å². The summed E-state index contributed by atoms with van der Waals surface area (Å²) in [5.74, 6) is -0.802. The number of hydrogen-bond donors (Lipinski definition) is 2. The minimum absolute atomic E-state index is 0.0505. The molecular formula is C58H48F6N9O10S2-. The van der Waals surface area contributed by atoms with Crippen molar-refractivity contribution >= 4 is 66.3 Å². The molecule has 0 saturated carbocycles. The predicted molar refractivity (Wildman–Crippen MR) is 291 cm³/mol. The van der Waals surface area contributed by atoms with E-state index in [9.17, 15) is 82.0 Å². The van der Waals surface area contributed by atoms with E-state index in [0.29, 0.717) is 52.7 Å². The predicted octanol–water partition coefficient (Wildman–Crippen LogP) is 8.41. The smallest absolute Gasteiger partial charge is 0.416 e. The first kappa shape index (κ1) is 60.5. The third kappa shape index (κ3) is 12.7. The largest absolute Gasteiger partial charge is 0.744 e. The fourth-order valence-corrected chi connectivity index (χ4v) is 12.1. The van der Waals surface area contributed by atoms with E-state index < -0.39 is 89.5 Å². The fourth-order valence-electron chi connectivity index (χ4n) is 10.7. The van der Waals surface area contributed by atoms with Crippen LogP contribution in [-0.4, -0.2) is 117 Å². The van der Waals surface area contributed by atoms with Crippen molar-refractivity contribution in [1.29, 1.82) is 10.5 Å². The molecule has 0 saturated heterocycles. The molecule has 0 spiro atoms. The Hall–Kier alpha value is -9.12. The zero-order valence-corrected chi connectivity index (χ0v) is 46.4. The van der Waals surface area contributed by atoms with Crippen molar-refractivity contribution in [3.05, 3.63) is 189 Å². The molecule has 0 fully saturated rings. The summed E-state index contributed by atoms with van der Waals surface area (Å²) in [6.07, 6.45) is -8.40. The lowest BCUT2D eigenvalue weighted by atomic mass is 9.94. The summed E-state index contributed by atoms with van der Waals surface area (Å²) in [4.78, 5) is 60.1. The van der Waals surface area contributed by atoms with Crippen molar-refractivity contribution in [3.8, 4) is 12.1 Å². The van der Waals surface area contributed by atoms with Crippen LogP contribution in [0.15, 0.2) is 166 Å². The number of anilines is 2. The van der Waals surface area contributed by atoms with Gasteiger partial charge in [0.25, 0.3) is 11.8 Å². The van der Waals surface area contributed by atoms with Crippen LogP contribution in [0.5, 0.6) is 0 Å². The molecule has 2 N–H and O–H groups in total. The van der Waals surface area contributed by atoms with Gasteiger partial charge in [-0.2, -0.15) is 36.9 Å². The molecule has 0 aliphatic carbocycles. The molecule has 440 valence electrons. The lowest BCUT2D eigenvalue weighted by Crippen LogP contribution is -2.47. The highest BCUT2D eigenvalue weighted by atomic mass is 32.2. The minimum Gasteiger partial charge on any atom is -0.744 e. The topological polar surface area (TPSA) is 267 Å². The second-order valence-electron chi connectivity index (χ2n) is 20.8. The number of carbonyl (C=O) groups is 4. The van der Waals surface area contributed by atoms with Gasteiger partial charge in [-0.1, -0.05) is 60.7 Å². The number of nitriles is 2. The molecule has 85 heavy (non-hydrogen) atoms. The molecule has 6 amide bonds. The second-order valence-corrected chi connectivity index (χ2v) is 23.5. The van der Waals surface area contributed by atoms with Gasteiger partial charge in [0.2, 0.25) is 0 Å². The van der Waals surface area contributed by atoms with Crippen LogP contribution >= 0.6 is 0 Å². The molecule has 6 aromatic rings. The van der Waals surface area contributed by atoms with Gasteiger partial charge in [-0.05, 0) is 83.9 Å². The lowest BCUT2D eigenvalue weighted by Gasteiger charge is -2.34. The number of amides is 6. The molecule has 4 heterocycles. The Morgan fingerprint density at radius 3 is 1.24 bits per heavy atom. The summed E-state index contributed by atoms with van der Waals surface area (Å²) >= 11 is 0. The standard InChI is InChI=1S/C48H41F6N9O4.C10H8O6S2/c1-63(2,21-5-19-59-27-37-39(43(59)64)41(31-15-11-29(25-55)12-16-31)57-45(66)61(37)35-9-3-7-33(23-35)47(49,50)51)22-6-20-60-28-38-40(44(60)65)42(32-17-13-30(26-56)14-18-32)58-46(67)62(38)36-10-4-8-34(24-36)48(52,53)54;11-17(12,13)9-5-1-3-7-8(9)4-2-6-10(7)18(14,15)16/h3-4,7-18,23-24,41-42H,5-6,19-22,27-28H2,1-2H3,(H-,57,58,66,67);1-6H,(H,11,12,13)(H,14,15,16)/p-1/t41-,42-;/m1./s1. The average Bonchev–Trinajstić information content (AvgIpc) is 1.84. The molecule has 2 atom stereocenters. The van der Waals surface area contributed by atoms with E-state index in [-0.39, 0.29) is 70.9 Å². The van der Waals surface area contributed by atoms with Crippen molar-refractivity contribution in [2.75, 3.05) is 63.2 Å². The summed E-state index contributed by atoms with van der Waals surface area (Å²) < 4.78 is 149. The number of hydrogen-bond acceptors (Lipinski definition) is 12. The van der Waals surface area contributed by atoms with E-state index >= 15 is 0 Å². The van der Waals surface area contributed by atoms with Gasteiger partial charge in [0, 0.05) is 36.7 Å². The van der Waals surface area contributed by atoms with E-state index in [1.54, 1.807) is 58.3 Å². The first-order valence-corrected chi connectivity index (χ1v) is 28.7. The van der Waals surface area contributed by atoms with Crippen molar-refractivity contribution in [2.24, 2.45) is 0 Å². The second kappa shape index (κ2) is 23.1. The van der Waals surface area contributed by atoms with Gasteiger partial charge in [-0.15, -0.1) is 0 Å². The lowest BCUT2D eigenvalue weighted by molar-refractivity contribution is -0.890. The van der Waals surface area contributed by atoms with Crippen molar-refractivity contribution in [2.45, 2.75) is 47.1 Å². The Morgan fingerprint density at radius 1 is 0.553 bits per heavy atom. The summed E-state index contributed by atoms with van der Waals surface area (Å²) in [6.45, 7) is 1.47. The van der Waals surface area contributed by atoms with Crippen LogP contribution in [0.2, 0.25) is 0 Å². The van der Waals surface area contributed by atoms with Gasteiger partial charge in [0.1, 0.15) is 20.2 Å². The molecule has 0 radical (unpaired) electrons. The molecule has 19 nitrogen and oxygen atoms in total. The molecule has 0 bridgehead atoms. The first-order valence-electron chi connectivity index (χ1n) is 25.8. The zero-order valence-electron chi connectivity index (χ0n) is 44.8. The maximum Gasteiger partial charge on any atom is 0.416 e. The van der Waals surface area contributed by atoms with Crippen molar-refractivity contribution in [1.82, 2.24) is 20.4 Å². The van der Waals surface area contributed by atoms with E-state index in [1.165, 1.54) is 48.5 Å². The summed E-state index contributed by atoms with van der Waals surface area (Å²) in [7, 11) is -5.53. The zero-order chi connectivity index (χ0) is 61.6. The number of rotatable bonds is 14. The Morgan fingerprint density at radius 2 is 0.906 bits per heavy atom. The van der Waals surface area contributed by atoms with Crippen molar-refractivity contribution in [3.63, 3.8) is 0 Å². The molecule has 6 aromatic carbocycles. The number of nitrogens with one attached hydrogen (secondary N) is 2. The van der Waals surface area contributed by atoms with Crippen LogP contribution in [0.4, 0.5) is 47.3 Å². The normalized spacial score (nSPS) is 17.5. The Kier molecular flexibility index (Phi) is 16.5. The molecule has 4 aliphatic rings. The minimum atomic E-state index is -4.74. The van der Waals surface area contributed by atoms with Gasteiger partial charge < -0.3 is 34.0 Å². The van der Waals surface area contributed by atoms with Crippen LogP contribution in [-0.2, 0) is 42.2 Å². The van der Waals surface area contributed by atoms with E-state index in [1.807, 2.05) is 26.2 Å². The van der Waals surface area contributed by atoms with Crippen LogP contribution < -0.4 is 20.4 Å². The number of fused-ring (bicyclic) bond motifs is 1. The molecule has 0 unspecified atom stereocenters. The molecule has 27 heteroatoms. The summed E-state index contributed by atoms with van der Waals surface area (Å²) in [5, 5.41) is 24.1. The molecule has 4 aliphatic heterocycles. The number of benzene rings is 6. The number of quaternary nitrogens is 1. The quantitative estimate of drug-likeness (QED) is 0.0591. The Labute approximate surface area is 482 Å². The van der Waals surface area contributed by atoms with Gasteiger partial charge in [-0.25, -0.2) is 26.4 Å². The van der Waals surface area contributed by atoms with Crippen LogP contribution in [0.25, 0.3) is 10.8 Å². The Balaban J connectivity index is 0.000000409. The van der Waals surface area contributed by atoms with Crippen molar-refractivity contribution < 1.29 is 75.9 Å².